The number of carbonyl (C=O) groups is 1. The van der Waals surface area contributed by atoms with Crippen molar-refractivity contribution in [3.8, 4) is 0 Å². The predicted octanol–water partition coefficient (Wildman–Crippen LogP) is 4.61. The summed E-state index contributed by atoms with van der Waals surface area (Å²) in [5.74, 6) is 3.69. The van der Waals surface area contributed by atoms with Crippen LogP contribution in [0.3, 0.4) is 0 Å². The van der Waals surface area contributed by atoms with E-state index in [1.165, 1.54) is 32.1 Å². The summed E-state index contributed by atoms with van der Waals surface area (Å²) in [6.07, 6.45) is 10.4. The molecule has 4 aliphatic rings. The molecule has 0 amide bonds. The summed E-state index contributed by atoms with van der Waals surface area (Å²) >= 11 is 0. The van der Waals surface area contributed by atoms with Gasteiger partial charge in [0.1, 0.15) is 5.78 Å². The number of hydrogen-bond donors (Lipinski definition) is 1. The number of ketones is 1. The third-order valence-electron chi connectivity index (χ3n) is 9.72. The van der Waals surface area contributed by atoms with E-state index < -0.39 is 5.60 Å². The van der Waals surface area contributed by atoms with Gasteiger partial charge in [0.2, 0.25) is 0 Å². The van der Waals surface area contributed by atoms with Gasteiger partial charge < -0.3 is 9.84 Å². The molecule has 3 heteroatoms. The number of hydrogen-bond acceptors (Lipinski definition) is 3. The molecule has 0 saturated heterocycles. The van der Waals surface area contributed by atoms with Crippen molar-refractivity contribution in [1.82, 2.24) is 0 Å². The molecular weight excluding hydrogens is 324 g/mol. The second kappa shape index (κ2) is 6.30. The number of carbonyl (C=O) groups excluding carboxylic acids is 1. The first-order valence-corrected chi connectivity index (χ1v) is 11.0. The van der Waals surface area contributed by atoms with Crippen LogP contribution in [0.4, 0.5) is 0 Å². The van der Waals surface area contributed by atoms with Gasteiger partial charge in [0, 0.05) is 13.0 Å². The SMILES string of the molecule is COC[C@@]1(O)CC[C@@]2(C)[C@H](CC[C@H]3[C@H]4CC[C@H](C(C)=O)[C@@]4(C)CC[C@@H]32)C1. The number of methoxy groups -OCH3 is 1. The Balaban J connectivity index is 1.56. The summed E-state index contributed by atoms with van der Waals surface area (Å²) in [5.41, 5.74) is 0.0161. The molecular formula is C23H38O3. The molecule has 3 nitrogen and oxygen atoms in total. The molecule has 8 atom stereocenters. The quantitative estimate of drug-likeness (QED) is 0.797. The summed E-state index contributed by atoms with van der Waals surface area (Å²) < 4.78 is 5.33. The first-order valence-electron chi connectivity index (χ1n) is 11.0. The van der Waals surface area contributed by atoms with Crippen LogP contribution in [0.25, 0.3) is 0 Å². The maximum atomic E-state index is 12.3. The van der Waals surface area contributed by atoms with Gasteiger partial charge in [0.25, 0.3) is 0 Å². The lowest BCUT2D eigenvalue weighted by atomic mass is 9.44. The van der Waals surface area contributed by atoms with Crippen molar-refractivity contribution < 1.29 is 14.6 Å². The number of rotatable bonds is 3. The minimum atomic E-state index is -0.609. The second-order valence-electron chi connectivity index (χ2n) is 10.8. The van der Waals surface area contributed by atoms with Crippen LogP contribution in [0.2, 0.25) is 0 Å². The van der Waals surface area contributed by atoms with Gasteiger partial charge in [-0.05, 0) is 99.2 Å². The zero-order valence-corrected chi connectivity index (χ0v) is 17.2. The topological polar surface area (TPSA) is 46.5 Å². The van der Waals surface area contributed by atoms with Crippen molar-refractivity contribution in [2.45, 2.75) is 84.2 Å². The summed E-state index contributed by atoms with van der Waals surface area (Å²) in [4.78, 5) is 12.3. The lowest BCUT2D eigenvalue weighted by Crippen LogP contribution is -2.56. The van der Waals surface area contributed by atoms with Gasteiger partial charge in [0.15, 0.2) is 0 Å². The Morgan fingerprint density at radius 1 is 1.00 bits per heavy atom. The third kappa shape index (κ3) is 2.64. The zero-order valence-electron chi connectivity index (χ0n) is 17.2. The molecule has 4 fully saturated rings. The van der Waals surface area contributed by atoms with Crippen LogP contribution >= 0.6 is 0 Å². The van der Waals surface area contributed by atoms with E-state index in [0.717, 1.165) is 43.4 Å². The summed E-state index contributed by atoms with van der Waals surface area (Å²) in [7, 11) is 1.70. The van der Waals surface area contributed by atoms with Gasteiger partial charge in [-0.15, -0.1) is 0 Å². The summed E-state index contributed by atoms with van der Waals surface area (Å²) in [6.45, 7) is 7.26. The Bertz CT molecular complexity index is 574. The van der Waals surface area contributed by atoms with Gasteiger partial charge in [-0.2, -0.15) is 0 Å². The van der Waals surface area contributed by atoms with Crippen LogP contribution in [-0.4, -0.2) is 30.2 Å². The normalized spacial score (nSPS) is 53.5. The van der Waals surface area contributed by atoms with Gasteiger partial charge in [-0.3, -0.25) is 4.79 Å². The van der Waals surface area contributed by atoms with E-state index >= 15 is 0 Å². The van der Waals surface area contributed by atoms with Gasteiger partial charge >= 0.3 is 0 Å². The standard InChI is InChI=1S/C23H38O3/c1-15(24)18-7-8-19-17-6-5-16-13-23(25,14-26-4)12-11-21(16,2)20(17)9-10-22(18,19)3/h16-20,25H,5-14H2,1-4H3/t16-,17+,18-,19-,20+,21+,22-,23-/m1/s1. The van der Waals surface area contributed by atoms with Crippen LogP contribution in [0.5, 0.6) is 0 Å². The Morgan fingerprint density at radius 2 is 1.73 bits per heavy atom. The van der Waals surface area contributed by atoms with Crippen LogP contribution in [0.1, 0.15) is 78.6 Å². The molecule has 0 radical (unpaired) electrons. The van der Waals surface area contributed by atoms with E-state index in [4.69, 9.17) is 4.74 Å². The monoisotopic (exact) mass is 362 g/mol. The molecule has 0 aliphatic heterocycles. The molecule has 0 heterocycles. The Labute approximate surface area is 159 Å². The van der Waals surface area contributed by atoms with Crippen LogP contribution in [0, 0.1) is 40.4 Å². The molecule has 0 bridgehead atoms. The van der Waals surface area contributed by atoms with Gasteiger partial charge in [-0.25, -0.2) is 0 Å². The summed E-state index contributed by atoms with van der Waals surface area (Å²) in [6, 6.07) is 0. The number of Topliss-reactive ketones (excluding diaryl/α,β-unsaturated/α-hetero) is 1. The van der Waals surface area contributed by atoms with E-state index in [9.17, 15) is 9.90 Å². The highest BCUT2D eigenvalue weighted by Gasteiger charge is 2.61. The molecule has 0 aromatic heterocycles. The second-order valence-corrected chi connectivity index (χ2v) is 10.8. The van der Waals surface area contributed by atoms with E-state index in [1.807, 2.05) is 6.92 Å². The Morgan fingerprint density at radius 3 is 2.42 bits per heavy atom. The van der Waals surface area contributed by atoms with Gasteiger partial charge in [0.05, 0.1) is 12.2 Å². The number of fused-ring (bicyclic) bond motifs is 5. The van der Waals surface area contributed by atoms with E-state index in [0.29, 0.717) is 29.6 Å². The fourth-order valence-electron chi connectivity index (χ4n) is 8.39. The molecule has 26 heavy (non-hydrogen) atoms. The Hall–Kier alpha value is -0.410. The van der Waals surface area contributed by atoms with E-state index in [-0.39, 0.29) is 5.41 Å². The molecule has 1 N–H and O–H groups in total. The van der Waals surface area contributed by atoms with Crippen molar-refractivity contribution in [2.75, 3.05) is 13.7 Å². The highest BCUT2D eigenvalue weighted by molar-refractivity contribution is 5.79. The molecule has 4 aliphatic carbocycles. The highest BCUT2D eigenvalue weighted by atomic mass is 16.5. The van der Waals surface area contributed by atoms with Crippen LogP contribution in [0.15, 0.2) is 0 Å². The number of aliphatic hydroxyl groups is 1. The van der Waals surface area contributed by atoms with Crippen molar-refractivity contribution in [3.63, 3.8) is 0 Å². The van der Waals surface area contributed by atoms with Crippen LogP contribution in [-0.2, 0) is 9.53 Å². The molecule has 4 rings (SSSR count). The minimum Gasteiger partial charge on any atom is -0.387 e. The molecule has 4 saturated carbocycles. The largest absolute Gasteiger partial charge is 0.387 e. The smallest absolute Gasteiger partial charge is 0.133 e. The van der Waals surface area contributed by atoms with Crippen molar-refractivity contribution >= 4 is 5.78 Å². The molecule has 0 aromatic rings. The summed E-state index contributed by atoms with van der Waals surface area (Å²) in [5, 5.41) is 10.9. The van der Waals surface area contributed by atoms with Crippen molar-refractivity contribution in [3.05, 3.63) is 0 Å². The first kappa shape index (κ1) is 18.9. The maximum absolute atomic E-state index is 12.3. The average molecular weight is 363 g/mol. The van der Waals surface area contributed by atoms with Gasteiger partial charge in [-0.1, -0.05) is 13.8 Å². The highest BCUT2D eigenvalue weighted by Crippen LogP contribution is 2.68. The minimum absolute atomic E-state index is 0.252. The molecule has 0 unspecified atom stereocenters. The maximum Gasteiger partial charge on any atom is 0.133 e. The average Bonchev–Trinajstić information content (AvgIpc) is 2.93. The lowest BCUT2D eigenvalue weighted by molar-refractivity contribution is -0.163. The molecule has 148 valence electrons. The zero-order chi connectivity index (χ0) is 18.7. The molecule has 0 aromatic carbocycles. The van der Waals surface area contributed by atoms with E-state index in [2.05, 4.69) is 13.8 Å². The number of ether oxygens (including phenoxy) is 1. The Kier molecular flexibility index (Phi) is 4.59. The lowest BCUT2D eigenvalue weighted by Gasteiger charge is -2.62. The van der Waals surface area contributed by atoms with Crippen LogP contribution < -0.4 is 0 Å². The van der Waals surface area contributed by atoms with E-state index in [1.54, 1.807) is 7.11 Å². The predicted molar refractivity (Wildman–Crippen MR) is 103 cm³/mol. The van der Waals surface area contributed by atoms with Crippen molar-refractivity contribution in [2.24, 2.45) is 40.4 Å². The molecule has 0 spiro atoms. The third-order valence-corrected chi connectivity index (χ3v) is 9.72. The van der Waals surface area contributed by atoms with Crippen molar-refractivity contribution in [1.29, 1.82) is 0 Å². The first-order chi connectivity index (χ1) is 12.2. The fraction of sp³-hybridized carbons (Fsp3) is 0.957. The fourth-order valence-corrected chi connectivity index (χ4v) is 8.39.